The highest BCUT2D eigenvalue weighted by atomic mass is 35.5. The fourth-order valence-corrected chi connectivity index (χ4v) is 5.69. The van der Waals surface area contributed by atoms with Crippen LogP contribution in [0.25, 0.3) is 6.08 Å². The summed E-state index contributed by atoms with van der Waals surface area (Å²) in [5.41, 5.74) is 1.61. The van der Waals surface area contributed by atoms with E-state index in [0.29, 0.717) is 37.7 Å². The molecule has 0 bridgehead atoms. The Labute approximate surface area is 240 Å². The molecule has 0 radical (unpaired) electrons. The van der Waals surface area contributed by atoms with Crippen LogP contribution in [0.15, 0.2) is 57.5 Å². The number of nitrogens with zero attached hydrogens (tertiary/aromatic N) is 3. The number of thiazole rings is 1. The van der Waals surface area contributed by atoms with Crippen LogP contribution >= 0.6 is 22.9 Å². The van der Waals surface area contributed by atoms with Gasteiger partial charge < -0.3 is 18.9 Å². The summed E-state index contributed by atoms with van der Waals surface area (Å²) in [4.78, 5) is 32.2. The molecule has 9 nitrogen and oxygen atoms in total. The number of rotatable bonds is 9. The van der Waals surface area contributed by atoms with Crippen molar-refractivity contribution in [1.29, 1.82) is 5.26 Å². The van der Waals surface area contributed by atoms with Gasteiger partial charge in [-0.3, -0.25) is 9.36 Å². The summed E-state index contributed by atoms with van der Waals surface area (Å²) in [5, 5.41) is 9.09. The van der Waals surface area contributed by atoms with Crippen LogP contribution in [0.2, 0.25) is 5.02 Å². The maximum absolute atomic E-state index is 14.0. The predicted octanol–water partition coefficient (Wildman–Crippen LogP) is 4.15. The van der Waals surface area contributed by atoms with E-state index in [0.717, 1.165) is 0 Å². The van der Waals surface area contributed by atoms with Gasteiger partial charge in [0.05, 0.1) is 40.6 Å². The lowest BCUT2D eigenvalue weighted by Gasteiger charge is -2.26. The van der Waals surface area contributed by atoms with Crippen molar-refractivity contribution < 1.29 is 23.7 Å². The van der Waals surface area contributed by atoms with Gasteiger partial charge in [0.15, 0.2) is 22.9 Å². The zero-order chi connectivity index (χ0) is 29.0. The van der Waals surface area contributed by atoms with Crippen LogP contribution in [0.4, 0.5) is 0 Å². The number of carbonyl (C=O) groups is 1. The lowest BCUT2D eigenvalue weighted by atomic mass is 9.95. The van der Waals surface area contributed by atoms with E-state index in [1.807, 2.05) is 44.2 Å². The number of fused-ring (bicyclic) bond motifs is 1. The highest BCUT2D eigenvalue weighted by Crippen LogP contribution is 2.37. The Morgan fingerprint density at radius 3 is 2.70 bits per heavy atom. The zero-order valence-electron chi connectivity index (χ0n) is 22.7. The van der Waals surface area contributed by atoms with Gasteiger partial charge in [-0.25, -0.2) is 9.79 Å². The second kappa shape index (κ2) is 12.4. The molecular weight excluding hydrogens is 554 g/mol. The van der Waals surface area contributed by atoms with Crippen LogP contribution in [-0.2, 0) is 9.53 Å². The number of esters is 1. The molecule has 1 aromatic heterocycles. The molecule has 0 unspecified atom stereocenters. The van der Waals surface area contributed by atoms with Gasteiger partial charge in [0, 0.05) is 5.56 Å². The zero-order valence-corrected chi connectivity index (χ0v) is 24.3. The molecule has 0 fully saturated rings. The largest absolute Gasteiger partial charge is 0.493 e. The molecule has 2 aromatic carbocycles. The lowest BCUT2D eigenvalue weighted by Crippen LogP contribution is -2.40. The fraction of sp³-hybridized carbons (Fsp3) is 0.310. The van der Waals surface area contributed by atoms with Crippen LogP contribution in [0.3, 0.4) is 0 Å². The minimum absolute atomic E-state index is 0.132. The van der Waals surface area contributed by atoms with Crippen molar-refractivity contribution in [3.63, 3.8) is 0 Å². The van der Waals surface area contributed by atoms with Crippen LogP contribution in [0, 0.1) is 11.3 Å². The number of aromatic nitrogens is 1. The van der Waals surface area contributed by atoms with Gasteiger partial charge in [-0.15, -0.1) is 0 Å². The molecule has 4 rings (SSSR count). The van der Waals surface area contributed by atoms with E-state index >= 15 is 0 Å². The second-order valence-electron chi connectivity index (χ2n) is 8.99. The average Bonchev–Trinajstić information content (AvgIpc) is 3.21. The average molecular weight is 582 g/mol. The molecule has 1 aliphatic heterocycles. The molecule has 1 aliphatic rings. The third kappa shape index (κ3) is 5.76. The lowest BCUT2D eigenvalue weighted by molar-refractivity contribution is -0.139. The molecule has 0 spiro atoms. The summed E-state index contributed by atoms with van der Waals surface area (Å²) >= 11 is 7.60. The Morgan fingerprint density at radius 2 is 2.02 bits per heavy atom. The first-order chi connectivity index (χ1) is 19.2. The molecule has 0 amide bonds. The minimum Gasteiger partial charge on any atom is -0.493 e. The molecule has 11 heteroatoms. The highest BCUT2D eigenvalue weighted by Gasteiger charge is 2.35. The standard InChI is InChI=1S/C29H28ClN3O6S/c1-6-37-28(35)24-17(4)32-29-33(25(24)19-9-7-8-10-21(19)39-16(2)3)27(34)23(40-29)15-18-13-20(30)26(38-12-11-31)22(14-18)36-5/h7-10,13-16,25H,6,12H2,1-5H3/b23-15+/t25-/m0/s1. The van der Waals surface area contributed by atoms with Crippen molar-refractivity contribution in [2.45, 2.75) is 39.8 Å². The van der Waals surface area contributed by atoms with Gasteiger partial charge in [0.2, 0.25) is 0 Å². The van der Waals surface area contributed by atoms with Gasteiger partial charge in [-0.05, 0) is 57.5 Å². The van der Waals surface area contributed by atoms with E-state index in [1.54, 1.807) is 32.1 Å². The number of nitriles is 1. The Kier molecular flexibility index (Phi) is 8.97. The SMILES string of the molecule is CCOC(=O)C1=C(C)N=c2s/c(=C/c3cc(Cl)c(OCC#N)c(OC)c3)c(=O)n2[C@H]1c1ccccc1OC(C)C. The van der Waals surface area contributed by atoms with Crippen LogP contribution in [-0.4, -0.2) is 37.0 Å². The molecule has 1 atom stereocenters. The van der Waals surface area contributed by atoms with E-state index < -0.39 is 12.0 Å². The van der Waals surface area contributed by atoms with Crippen molar-refractivity contribution in [2.24, 2.45) is 4.99 Å². The number of benzene rings is 2. The molecule has 0 saturated carbocycles. The van der Waals surface area contributed by atoms with Gasteiger partial charge >= 0.3 is 5.97 Å². The summed E-state index contributed by atoms with van der Waals surface area (Å²) in [6.07, 6.45) is 1.54. The normalized spacial score (nSPS) is 14.8. The van der Waals surface area contributed by atoms with Gasteiger partial charge in [0.1, 0.15) is 17.9 Å². The number of ether oxygens (including phenoxy) is 4. The number of hydrogen-bond donors (Lipinski definition) is 0. The predicted molar refractivity (Wildman–Crippen MR) is 152 cm³/mol. The molecule has 2 heterocycles. The van der Waals surface area contributed by atoms with Crippen LogP contribution < -0.4 is 29.1 Å². The van der Waals surface area contributed by atoms with Crippen LogP contribution in [0.1, 0.15) is 44.9 Å². The Hall–Kier alpha value is -4.07. The summed E-state index contributed by atoms with van der Waals surface area (Å²) in [7, 11) is 1.46. The highest BCUT2D eigenvalue weighted by molar-refractivity contribution is 7.07. The molecule has 0 saturated heterocycles. The van der Waals surface area contributed by atoms with Gasteiger partial charge in [0.25, 0.3) is 5.56 Å². The number of para-hydroxylation sites is 1. The number of allylic oxidation sites excluding steroid dienone is 1. The van der Waals surface area contributed by atoms with Crippen molar-refractivity contribution in [1.82, 2.24) is 4.57 Å². The maximum Gasteiger partial charge on any atom is 0.338 e. The number of halogens is 1. The van der Waals surface area contributed by atoms with E-state index in [-0.39, 0.29) is 41.2 Å². The fourth-order valence-electron chi connectivity index (χ4n) is 4.37. The van der Waals surface area contributed by atoms with Gasteiger partial charge in [-0.2, -0.15) is 5.26 Å². The van der Waals surface area contributed by atoms with E-state index in [2.05, 4.69) is 4.99 Å². The van der Waals surface area contributed by atoms with Gasteiger partial charge in [-0.1, -0.05) is 41.1 Å². The molecule has 3 aromatic rings. The van der Waals surface area contributed by atoms with E-state index in [9.17, 15) is 9.59 Å². The molecule has 40 heavy (non-hydrogen) atoms. The summed E-state index contributed by atoms with van der Waals surface area (Å²) < 4.78 is 24.1. The molecule has 0 aliphatic carbocycles. The molecule has 0 N–H and O–H groups in total. The first kappa shape index (κ1) is 28.9. The summed E-state index contributed by atoms with van der Waals surface area (Å²) in [5.74, 6) is 0.561. The molecular formula is C29H28ClN3O6S. The Balaban J connectivity index is 1.94. The van der Waals surface area contributed by atoms with Crippen molar-refractivity contribution in [2.75, 3.05) is 20.3 Å². The van der Waals surface area contributed by atoms with Crippen molar-refractivity contribution >= 4 is 35.0 Å². The second-order valence-corrected chi connectivity index (χ2v) is 10.4. The monoisotopic (exact) mass is 581 g/mol. The topological polar surface area (TPSA) is 112 Å². The summed E-state index contributed by atoms with van der Waals surface area (Å²) in [6.45, 7) is 7.25. The summed E-state index contributed by atoms with van der Waals surface area (Å²) in [6, 6.07) is 11.7. The third-order valence-corrected chi connectivity index (χ3v) is 7.19. The number of carbonyl (C=O) groups excluding carboxylic acids is 1. The first-order valence-electron chi connectivity index (χ1n) is 12.5. The van der Waals surface area contributed by atoms with Crippen molar-refractivity contribution in [3.05, 3.63) is 83.5 Å². The van der Waals surface area contributed by atoms with E-state index in [4.69, 9.17) is 35.8 Å². The first-order valence-corrected chi connectivity index (χ1v) is 13.7. The van der Waals surface area contributed by atoms with Crippen molar-refractivity contribution in [3.8, 4) is 23.3 Å². The Bertz CT molecular complexity index is 1700. The third-order valence-electron chi connectivity index (χ3n) is 5.92. The quantitative estimate of drug-likeness (QED) is 0.349. The molecule has 208 valence electrons. The smallest absolute Gasteiger partial charge is 0.338 e. The minimum atomic E-state index is -0.813. The number of methoxy groups -OCH3 is 1. The number of hydrogen-bond acceptors (Lipinski definition) is 9. The Morgan fingerprint density at radius 1 is 1.27 bits per heavy atom. The maximum atomic E-state index is 14.0. The van der Waals surface area contributed by atoms with Crippen LogP contribution in [0.5, 0.6) is 17.2 Å². The van der Waals surface area contributed by atoms with E-state index in [1.165, 1.54) is 23.0 Å².